The molecular weight excluding hydrogens is 368 g/mol. The summed E-state index contributed by atoms with van der Waals surface area (Å²) in [6.07, 6.45) is 4.74. The fraction of sp³-hybridized carbons (Fsp3) is 0.0909. The molecule has 0 saturated carbocycles. The summed E-state index contributed by atoms with van der Waals surface area (Å²) < 4.78 is 6.91. The van der Waals surface area contributed by atoms with Gasteiger partial charge in [-0.15, -0.1) is 5.10 Å². The van der Waals surface area contributed by atoms with E-state index in [1.807, 2.05) is 43.3 Å². The third-order valence-electron chi connectivity index (χ3n) is 4.37. The maximum Gasteiger partial charge on any atom is 0.336 e. The van der Waals surface area contributed by atoms with E-state index in [-0.39, 0.29) is 5.91 Å². The Kier molecular flexibility index (Phi) is 5.03. The van der Waals surface area contributed by atoms with Crippen LogP contribution in [0.1, 0.15) is 16.8 Å². The summed E-state index contributed by atoms with van der Waals surface area (Å²) in [6.45, 7) is 2.45. The fourth-order valence-electron chi connectivity index (χ4n) is 2.99. The molecule has 0 atom stereocenters. The maximum atomic E-state index is 12.2. The van der Waals surface area contributed by atoms with Crippen LogP contribution >= 0.6 is 0 Å². The van der Waals surface area contributed by atoms with Gasteiger partial charge in [-0.05, 0) is 36.3 Å². The molecule has 4 rings (SSSR count). The van der Waals surface area contributed by atoms with Gasteiger partial charge in [-0.1, -0.05) is 35.5 Å². The largest absolute Gasteiger partial charge is 0.423 e. The van der Waals surface area contributed by atoms with Crippen molar-refractivity contribution in [1.82, 2.24) is 15.0 Å². The standard InChI is InChI=1S/C22H18N4O3/c1-15-11-22(28)29-20-12-17(7-9-19(15)20)23-21(27)10-8-18-14-26(25-24-18)13-16-5-3-2-4-6-16/h2-12,14H,13H2,1H3,(H,23,27)/b10-8+. The minimum absolute atomic E-state index is 0.322. The number of nitrogens with one attached hydrogen (secondary N) is 1. The zero-order chi connectivity index (χ0) is 20.2. The lowest BCUT2D eigenvalue weighted by atomic mass is 10.1. The normalized spacial score (nSPS) is 11.2. The second-order valence-corrected chi connectivity index (χ2v) is 6.61. The number of anilines is 1. The molecule has 7 heteroatoms. The Hall–Kier alpha value is -4.00. The Morgan fingerprint density at radius 2 is 2.00 bits per heavy atom. The third kappa shape index (κ3) is 4.47. The Morgan fingerprint density at radius 1 is 1.17 bits per heavy atom. The van der Waals surface area contributed by atoms with Crippen molar-refractivity contribution < 1.29 is 9.21 Å². The van der Waals surface area contributed by atoms with Crippen LogP contribution in [0.15, 0.2) is 76.1 Å². The van der Waals surface area contributed by atoms with Crippen LogP contribution in [0.25, 0.3) is 17.0 Å². The molecule has 2 heterocycles. The van der Waals surface area contributed by atoms with Crippen LogP contribution in [0.5, 0.6) is 0 Å². The van der Waals surface area contributed by atoms with Gasteiger partial charge in [0.25, 0.3) is 0 Å². The Balaban J connectivity index is 1.42. The lowest BCUT2D eigenvalue weighted by Gasteiger charge is -2.05. The molecule has 2 aromatic carbocycles. The maximum absolute atomic E-state index is 12.2. The van der Waals surface area contributed by atoms with Crippen molar-refractivity contribution >= 4 is 28.6 Å². The molecule has 0 bridgehead atoms. The van der Waals surface area contributed by atoms with Gasteiger partial charge in [-0.2, -0.15) is 0 Å². The van der Waals surface area contributed by atoms with Gasteiger partial charge in [-0.25, -0.2) is 9.48 Å². The van der Waals surface area contributed by atoms with E-state index in [1.54, 1.807) is 29.1 Å². The molecule has 0 unspecified atom stereocenters. The van der Waals surface area contributed by atoms with Crippen LogP contribution < -0.4 is 10.9 Å². The number of hydrogen-bond acceptors (Lipinski definition) is 5. The fourth-order valence-corrected chi connectivity index (χ4v) is 2.99. The van der Waals surface area contributed by atoms with Crippen molar-refractivity contribution in [3.63, 3.8) is 0 Å². The van der Waals surface area contributed by atoms with Gasteiger partial charge in [0.2, 0.25) is 5.91 Å². The van der Waals surface area contributed by atoms with Gasteiger partial charge in [0.15, 0.2) is 0 Å². The molecule has 144 valence electrons. The summed E-state index contributed by atoms with van der Waals surface area (Å²) in [5.41, 5.74) is 3.07. The monoisotopic (exact) mass is 386 g/mol. The van der Waals surface area contributed by atoms with Crippen LogP contribution in [0, 0.1) is 6.92 Å². The first-order valence-electron chi connectivity index (χ1n) is 9.04. The summed E-state index contributed by atoms with van der Waals surface area (Å²) in [5.74, 6) is -0.322. The third-order valence-corrected chi connectivity index (χ3v) is 4.37. The van der Waals surface area contributed by atoms with Crippen LogP contribution in [0.2, 0.25) is 0 Å². The molecule has 4 aromatic rings. The van der Waals surface area contributed by atoms with Gasteiger partial charge in [0.1, 0.15) is 11.3 Å². The zero-order valence-corrected chi connectivity index (χ0v) is 15.7. The molecule has 29 heavy (non-hydrogen) atoms. The van der Waals surface area contributed by atoms with Gasteiger partial charge >= 0.3 is 5.63 Å². The number of carbonyl (C=O) groups is 1. The van der Waals surface area contributed by atoms with E-state index in [2.05, 4.69) is 15.6 Å². The number of amides is 1. The lowest BCUT2D eigenvalue weighted by molar-refractivity contribution is -0.111. The van der Waals surface area contributed by atoms with E-state index in [4.69, 9.17) is 4.42 Å². The first kappa shape index (κ1) is 18.4. The summed E-state index contributed by atoms with van der Waals surface area (Å²) in [5, 5.41) is 11.7. The van der Waals surface area contributed by atoms with Crippen molar-refractivity contribution in [3.05, 3.63) is 94.1 Å². The van der Waals surface area contributed by atoms with E-state index in [9.17, 15) is 9.59 Å². The highest BCUT2D eigenvalue weighted by Gasteiger charge is 2.05. The number of aryl methyl sites for hydroxylation is 1. The molecule has 0 aliphatic rings. The van der Waals surface area contributed by atoms with E-state index in [1.165, 1.54) is 12.1 Å². The first-order valence-corrected chi connectivity index (χ1v) is 9.04. The second-order valence-electron chi connectivity index (χ2n) is 6.61. The molecule has 1 N–H and O–H groups in total. The van der Waals surface area contributed by atoms with Crippen LogP contribution in [0.4, 0.5) is 5.69 Å². The van der Waals surface area contributed by atoms with Crippen molar-refractivity contribution in [2.24, 2.45) is 0 Å². The van der Waals surface area contributed by atoms with E-state index in [0.29, 0.717) is 23.5 Å². The first-order chi connectivity index (χ1) is 14.1. The molecular formula is C22H18N4O3. The van der Waals surface area contributed by atoms with Crippen LogP contribution in [-0.4, -0.2) is 20.9 Å². The summed E-state index contributed by atoms with van der Waals surface area (Å²) >= 11 is 0. The number of carbonyl (C=O) groups excluding carboxylic acids is 1. The SMILES string of the molecule is Cc1cc(=O)oc2cc(NC(=O)/C=C/c3cn(Cc4ccccc4)nn3)ccc12. The van der Waals surface area contributed by atoms with E-state index in [0.717, 1.165) is 16.5 Å². The highest BCUT2D eigenvalue weighted by atomic mass is 16.4. The number of nitrogens with zero attached hydrogens (tertiary/aromatic N) is 3. The molecule has 2 aromatic heterocycles. The van der Waals surface area contributed by atoms with E-state index >= 15 is 0 Å². The average Bonchev–Trinajstić information content (AvgIpc) is 3.14. The van der Waals surface area contributed by atoms with Gasteiger partial charge in [0.05, 0.1) is 12.7 Å². The number of rotatable bonds is 5. The smallest absolute Gasteiger partial charge is 0.336 e. The summed E-state index contributed by atoms with van der Waals surface area (Å²) in [6, 6.07) is 16.6. The minimum Gasteiger partial charge on any atom is -0.423 e. The molecule has 1 amide bonds. The van der Waals surface area contributed by atoms with Crippen LogP contribution in [0.3, 0.4) is 0 Å². The summed E-state index contributed by atoms with van der Waals surface area (Å²) in [7, 11) is 0. The Morgan fingerprint density at radius 3 is 2.83 bits per heavy atom. The lowest BCUT2D eigenvalue weighted by Crippen LogP contribution is -2.08. The second kappa shape index (κ2) is 7.93. The Labute approximate surface area is 166 Å². The highest BCUT2D eigenvalue weighted by Crippen LogP contribution is 2.20. The highest BCUT2D eigenvalue weighted by molar-refractivity contribution is 6.02. The quantitative estimate of drug-likeness (QED) is 0.419. The van der Waals surface area contributed by atoms with Crippen molar-refractivity contribution in [1.29, 1.82) is 0 Å². The van der Waals surface area contributed by atoms with Crippen molar-refractivity contribution in [2.75, 3.05) is 5.32 Å². The molecule has 0 aliphatic carbocycles. The minimum atomic E-state index is -0.419. The number of aromatic nitrogens is 3. The number of fused-ring (bicyclic) bond motifs is 1. The number of benzene rings is 2. The predicted molar refractivity (Wildman–Crippen MR) is 110 cm³/mol. The molecule has 0 radical (unpaired) electrons. The molecule has 0 spiro atoms. The molecule has 0 saturated heterocycles. The molecule has 7 nitrogen and oxygen atoms in total. The number of hydrogen-bond donors (Lipinski definition) is 1. The summed E-state index contributed by atoms with van der Waals surface area (Å²) in [4.78, 5) is 23.7. The van der Waals surface area contributed by atoms with Crippen molar-refractivity contribution in [3.8, 4) is 0 Å². The molecule has 0 fully saturated rings. The average molecular weight is 386 g/mol. The van der Waals surface area contributed by atoms with E-state index < -0.39 is 5.63 Å². The Bertz CT molecular complexity index is 1260. The zero-order valence-electron chi connectivity index (χ0n) is 15.7. The predicted octanol–water partition coefficient (Wildman–Crippen LogP) is 3.39. The van der Waals surface area contributed by atoms with Crippen LogP contribution in [-0.2, 0) is 11.3 Å². The van der Waals surface area contributed by atoms with Gasteiger partial charge in [0, 0.05) is 29.3 Å². The topological polar surface area (TPSA) is 90.0 Å². The van der Waals surface area contributed by atoms with Crippen molar-refractivity contribution in [2.45, 2.75) is 13.5 Å². The van der Waals surface area contributed by atoms with Gasteiger partial charge < -0.3 is 9.73 Å². The molecule has 0 aliphatic heterocycles. The van der Waals surface area contributed by atoms with Gasteiger partial charge in [-0.3, -0.25) is 4.79 Å².